The van der Waals surface area contributed by atoms with Gasteiger partial charge in [0, 0.05) is 37.1 Å². The molecule has 0 unspecified atom stereocenters. The van der Waals surface area contributed by atoms with Crippen molar-refractivity contribution in [2.75, 3.05) is 18.0 Å². The summed E-state index contributed by atoms with van der Waals surface area (Å²) in [5.74, 6) is 0.894. The number of nitrogens with zero attached hydrogens (tertiary/aromatic N) is 3. The number of nitrogens with two attached hydrogens (primary N) is 1. The summed E-state index contributed by atoms with van der Waals surface area (Å²) in [6.07, 6.45) is 11.7. The van der Waals surface area contributed by atoms with Crippen LogP contribution in [-0.4, -0.2) is 23.1 Å². The van der Waals surface area contributed by atoms with E-state index >= 15 is 0 Å². The molecule has 1 aliphatic carbocycles. The van der Waals surface area contributed by atoms with E-state index in [9.17, 15) is 0 Å². The van der Waals surface area contributed by atoms with Crippen LogP contribution < -0.4 is 10.6 Å². The Balaban J connectivity index is 1.67. The normalized spacial score (nSPS) is 22.2. The average molecular weight is 274 g/mol. The molecule has 20 heavy (non-hydrogen) atoms. The highest BCUT2D eigenvalue weighted by atomic mass is 15.3. The molecule has 1 spiro atoms. The van der Waals surface area contributed by atoms with Crippen molar-refractivity contribution in [3.8, 4) is 0 Å². The van der Waals surface area contributed by atoms with E-state index in [1.54, 1.807) is 0 Å². The van der Waals surface area contributed by atoms with Crippen molar-refractivity contribution >= 4 is 5.95 Å². The molecule has 0 bridgehead atoms. The second-order valence-corrected chi connectivity index (χ2v) is 6.53. The molecule has 1 aromatic heterocycles. The fourth-order valence-corrected chi connectivity index (χ4v) is 3.82. The molecule has 1 aromatic rings. The summed E-state index contributed by atoms with van der Waals surface area (Å²) in [6, 6.07) is 0. The second-order valence-electron chi connectivity index (χ2n) is 6.53. The molecule has 0 radical (unpaired) electrons. The molecule has 3 rings (SSSR count). The number of hydrogen-bond donors (Lipinski definition) is 1. The average Bonchev–Trinajstić information content (AvgIpc) is 2.49. The molecule has 0 atom stereocenters. The Hall–Kier alpha value is -1.16. The van der Waals surface area contributed by atoms with Crippen molar-refractivity contribution in [2.45, 2.75) is 58.4 Å². The lowest BCUT2D eigenvalue weighted by molar-refractivity contribution is 0.144. The smallest absolute Gasteiger partial charge is 0.225 e. The van der Waals surface area contributed by atoms with Crippen molar-refractivity contribution < 1.29 is 0 Å². The van der Waals surface area contributed by atoms with Crippen LogP contribution in [0.15, 0.2) is 6.20 Å². The highest BCUT2D eigenvalue weighted by Gasteiger charge is 2.36. The van der Waals surface area contributed by atoms with Crippen molar-refractivity contribution in [3.63, 3.8) is 0 Å². The van der Waals surface area contributed by atoms with Crippen molar-refractivity contribution in [1.29, 1.82) is 0 Å². The molecule has 2 N–H and O–H groups in total. The Morgan fingerprint density at radius 3 is 2.45 bits per heavy atom. The third-order valence-corrected chi connectivity index (χ3v) is 5.31. The molecular formula is C16H26N4. The molecule has 4 heteroatoms. The first-order chi connectivity index (χ1) is 9.72. The summed E-state index contributed by atoms with van der Waals surface area (Å²) in [6.45, 7) is 4.78. The zero-order valence-corrected chi connectivity index (χ0v) is 12.6. The molecule has 2 aliphatic rings. The van der Waals surface area contributed by atoms with Crippen molar-refractivity contribution in [3.05, 3.63) is 17.5 Å². The van der Waals surface area contributed by atoms with Gasteiger partial charge in [-0.25, -0.2) is 9.97 Å². The van der Waals surface area contributed by atoms with Gasteiger partial charge in [0.2, 0.25) is 5.95 Å². The van der Waals surface area contributed by atoms with Crippen LogP contribution in [0.1, 0.15) is 56.2 Å². The lowest BCUT2D eigenvalue weighted by Crippen LogP contribution is -2.41. The summed E-state index contributed by atoms with van der Waals surface area (Å²) in [5, 5.41) is 0. The largest absolute Gasteiger partial charge is 0.341 e. The maximum atomic E-state index is 5.68. The first kappa shape index (κ1) is 13.8. The first-order valence-electron chi connectivity index (χ1n) is 8.00. The lowest BCUT2D eigenvalue weighted by Gasteiger charge is -2.44. The van der Waals surface area contributed by atoms with Crippen LogP contribution in [0.4, 0.5) is 5.95 Å². The van der Waals surface area contributed by atoms with Crippen LogP contribution in [0.25, 0.3) is 0 Å². The highest BCUT2D eigenvalue weighted by Crippen LogP contribution is 2.44. The van der Waals surface area contributed by atoms with Gasteiger partial charge < -0.3 is 10.6 Å². The Morgan fingerprint density at radius 1 is 1.15 bits per heavy atom. The van der Waals surface area contributed by atoms with E-state index in [0.29, 0.717) is 12.0 Å². The van der Waals surface area contributed by atoms with Crippen LogP contribution in [0, 0.1) is 12.3 Å². The zero-order valence-electron chi connectivity index (χ0n) is 12.6. The minimum atomic E-state index is 0.523. The van der Waals surface area contributed by atoms with E-state index in [1.165, 1.54) is 44.9 Å². The van der Waals surface area contributed by atoms with Gasteiger partial charge in [-0.3, -0.25) is 0 Å². The molecule has 1 aliphatic heterocycles. The number of aryl methyl sites for hydroxylation is 1. The highest BCUT2D eigenvalue weighted by molar-refractivity contribution is 5.33. The van der Waals surface area contributed by atoms with Crippen LogP contribution in [0.3, 0.4) is 0 Å². The van der Waals surface area contributed by atoms with Gasteiger partial charge in [0.1, 0.15) is 0 Å². The van der Waals surface area contributed by atoms with E-state index in [0.717, 1.165) is 30.3 Å². The Kier molecular flexibility index (Phi) is 3.92. The molecule has 110 valence electrons. The topological polar surface area (TPSA) is 55.0 Å². The van der Waals surface area contributed by atoms with Crippen molar-refractivity contribution in [2.24, 2.45) is 11.1 Å². The molecule has 2 heterocycles. The van der Waals surface area contributed by atoms with Crippen LogP contribution >= 0.6 is 0 Å². The monoisotopic (exact) mass is 274 g/mol. The van der Waals surface area contributed by atoms with E-state index in [4.69, 9.17) is 5.73 Å². The van der Waals surface area contributed by atoms with Crippen LogP contribution in [-0.2, 0) is 6.54 Å². The molecular weight excluding hydrogens is 248 g/mol. The summed E-state index contributed by atoms with van der Waals surface area (Å²) >= 11 is 0. The third kappa shape index (κ3) is 2.66. The number of rotatable bonds is 2. The summed E-state index contributed by atoms with van der Waals surface area (Å²) in [4.78, 5) is 11.5. The quantitative estimate of drug-likeness (QED) is 0.901. The third-order valence-electron chi connectivity index (χ3n) is 5.31. The predicted octanol–water partition coefficient (Wildman–Crippen LogP) is 2.79. The minimum absolute atomic E-state index is 0.523. The van der Waals surface area contributed by atoms with E-state index in [2.05, 4.69) is 14.9 Å². The molecule has 1 saturated carbocycles. The summed E-state index contributed by atoms with van der Waals surface area (Å²) < 4.78 is 0. The molecule has 4 nitrogen and oxygen atoms in total. The zero-order chi connectivity index (χ0) is 14.0. The fourth-order valence-electron chi connectivity index (χ4n) is 3.82. The van der Waals surface area contributed by atoms with E-state index < -0.39 is 0 Å². The van der Waals surface area contributed by atoms with Gasteiger partial charge in [0.25, 0.3) is 0 Å². The van der Waals surface area contributed by atoms with Gasteiger partial charge in [-0.1, -0.05) is 19.3 Å². The van der Waals surface area contributed by atoms with E-state index in [-0.39, 0.29) is 0 Å². The van der Waals surface area contributed by atoms with Gasteiger partial charge in [0.05, 0.1) is 0 Å². The summed E-state index contributed by atoms with van der Waals surface area (Å²) in [7, 11) is 0. The van der Waals surface area contributed by atoms with Crippen molar-refractivity contribution in [1.82, 2.24) is 9.97 Å². The molecule has 1 saturated heterocycles. The lowest BCUT2D eigenvalue weighted by atomic mass is 9.68. The first-order valence-corrected chi connectivity index (χ1v) is 8.00. The number of anilines is 1. The minimum Gasteiger partial charge on any atom is -0.341 e. The number of aromatic nitrogens is 2. The van der Waals surface area contributed by atoms with Gasteiger partial charge in [-0.15, -0.1) is 0 Å². The van der Waals surface area contributed by atoms with Gasteiger partial charge in [-0.05, 0) is 38.0 Å². The van der Waals surface area contributed by atoms with E-state index in [1.807, 2.05) is 13.1 Å². The number of hydrogen-bond acceptors (Lipinski definition) is 4. The SMILES string of the molecule is Cc1nc(N2CCC3(CCCCC3)CC2)ncc1CN. The van der Waals surface area contributed by atoms with Gasteiger partial charge >= 0.3 is 0 Å². The standard InChI is InChI=1S/C16H26N4/c1-13-14(11-17)12-18-15(19-13)20-9-7-16(8-10-20)5-3-2-4-6-16/h12H,2-11,17H2,1H3. The Labute approximate surface area is 121 Å². The summed E-state index contributed by atoms with van der Waals surface area (Å²) in [5.41, 5.74) is 8.39. The predicted molar refractivity (Wildman–Crippen MR) is 81.6 cm³/mol. The van der Waals surface area contributed by atoms with Gasteiger partial charge in [-0.2, -0.15) is 0 Å². The van der Waals surface area contributed by atoms with Crippen LogP contribution in [0.2, 0.25) is 0 Å². The fraction of sp³-hybridized carbons (Fsp3) is 0.750. The molecule has 2 fully saturated rings. The Bertz CT molecular complexity index is 456. The number of piperidine rings is 1. The molecule has 0 aromatic carbocycles. The maximum Gasteiger partial charge on any atom is 0.225 e. The maximum absolute atomic E-state index is 5.68. The molecule has 0 amide bonds. The second kappa shape index (κ2) is 5.68. The van der Waals surface area contributed by atoms with Crippen LogP contribution in [0.5, 0.6) is 0 Å². The Morgan fingerprint density at radius 2 is 1.85 bits per heavy atom. The van der Waals surface area contributed by atoms with Gasteiger partial charge in [0.15, 0.2) is 0 Å².